The summed E-state index contributed by atoms with van der Waals surface area (Å²) < 4.78 is 37.4. The molecule has 0 spiro atoms. The number of carbonyl (C=O) groups excluding carboxylic acids is 1. The number of nitrogens with zero attached hydrogens (tertiary/aromatic N) is 2. The van der Waals surface area contributed by atoms with E-state index >= 15 is 0 Å². The lowest BCUT2D eigenvalue weighted by Gasteiger charge is -2.06. The highest BCUT2D eigenvalue weighted by Crippen LogP contribution is 2.17. The molecule has 3 aromatic rings. The predicted molar refractivity (Wildman–Crippen MR) is 102 cm³/mol. The molecule has 1 N–H and O–H groups in total. The number of fused-ring (bicyclic) bond motifs is 1. The average Bonchev–Trinajstić information content (AvgIpc) is 3.06. The minimum absolute atomic E-state index is 0.0973. The minimum atomic E-state index is -3.64. The standard InChI is InChI=1S/C19H18N2O7S/c1-27-14-6-8-15(9-7-14)29(25,26)11-10-28-19(24)21-13-20(12-18(22)23)16-4-2-3-5-17(16)21/h2-9,13H,10-12H2,1H3/p+1. The van der Waals surface area contributed by atoms with Gasteiger partial charge in [-0.05, 0) is 36.4 Å². The minimum Gasteiger partial charge on any atom is -0.497 e. The Kier molecular flexibility index (Phi) is 5.83. The summed E-state index contributed by atoms with van der Waals surface area (Å²) in [4.78, 5) is 23.6. The van der Waals surface area contributed by atoms with Crippen LogP contribution < -0.4 is 9.30 Å². The predicted octanol–water partition coefficient (Wildman–Crippen LogP) is 1.48. The monoisotopic (exact) mass is 419 g/mol. The lowest BCUT2D eigenvalue weighted by atomic mass is 10.3. The van der Waals surface area contributed by atoms with E-state index in [0.717, 1.165) is 4.57 Å². The Labute approximate surface area is 166 Å². The van der Waals surface area contributed by atoms with Crippen LogP contribution in [0.4, 0.5) is 4.79 Å². The SMILES string of the molecule is COc1ccc(S(=O)(=O)CCOC(=O)n2c[n+](CC(=O)O)c3ccccc32)cc1. The topological polar surface area (TPSA) is 116 Å². The summed E-state index contributed by atoms with van der Waals surface area (Å²) in [5.41, 5.74) is 0.995. The van der Waals surface area contributed by atoms with Crippen LogP contribution in [0.15, 0.2) is 59.8 Å². The van der Waals surface area contributed by atoms with E-state index in [4.69, 9.17) is 14.6 Å². The number of carboxylic acids is 1. The molecule has 9 nitrogen and oxygen atoms in total. The van der Waals surface area contributed by atoms with Crippen molar-refractivity contribution >= 4 is 32.9 Å². The molecule has 0 bridgehead atoms. The molecule has 10 heteroatoms. The summed E-state index contributed by atoms with van der Waals surface area (Å²) >= 11 is 0. The molecular formula is C19H19N2O7S+. The Morgan fingerprint density at radius 1 is 1.10 bits per heavy atom. The zero-order chi connectivity index (χ0) is 21.0. The van der Waals surface area contributed by atoms with Crippen LogP contribution in [0.25, 0.3) is 11.0 Å². The molecular weight excluding hydrogens is 400 g/mol. The van der Waals surface area contributed by atoms with Crippen LogP contribution in [0.2, 0.25) is 0 Å². The molecule has 0 aliphatic rings. The van der Waals surface area contributed by atoms with Crippen molar-refractivity contribution in [2.45, 2.75) is 11.4 Å². The number of hydrogen-bond acceptors (Lipinski definition) is 6. The number of aliphatic carboxylic acids is 1. The third-order valence-corrected chi connectivity index (χ3v) is 5.90. The first-order valence-corrected chi connectivity index (χ1v) is 10.2. The van der Waals surface area contributed by atoms with Crippen molar-refractivity contribution in [1.29, 1.82) is 0 Å². The summed E-state index contributed by atoms with van der Waals surface area (Å²) in [5, 5.41) is 9.03. The lowest BCUT2D eigenvalue weighted by molar-refractivity contribution is -0.660. The molecule has 1 heterocycles. The molecule has 0 atom stereocenters. The molecule has 0 saturated carbocycles. The van der Waals surface area contributed by atoms with E-state index in [-0.39, 0.29) is 23.8 Å². The van der Waals surface area contributed by atoms with Crippen LogP contribution in [0.1, 0.15) is 0 Å². The van der Waals surface area contributed by atoms with Gasteiger partial charge in [-0.25, -0.2) is 17.8 Å². The first-order chi connectivity index (χ1) is 13.8. The third-order valence-electron chi connectivity index (χ3n) is 4.20. The second kappa shape index (κ2) is 8.31. The van der Waals surface area contributed by atoms with Crippen LogP contribution in [0.3, 0.4) is 0 Å². The molecule has 0 radical (unpaired) electrons. The number of rotatable bonds is 7. The molecule has 0 aliphatic carbocycles. The fraction of sp³-hybridized carbons (Fsp3) is 0.211. The van der Waals surface area contributed by atoms with Crippen molar-refractivity contribution in [2.75, 3.05) is 19.5 Å². The normalized spacial score (nSPS) is 11.3. The van der Waals surface area contributed by atoms with Crippen LogP contribution in [0, 0.1) is 0 Å². The van der Waals surface area contributed by atoms with E-state index < -0.39 is 21.9 Å². The maximum Gasteiger partial charge on any atom is 0.512 e. The Morgan fingerprint density at radius 3 is 2.45 bits per heavy atom. The highest BCUT2D eigenvalue weighted by atomic mass is 32.2. The Balaban J connectivity index is 1.71. The van der Waals surface area contributed by atoms with Gasteiger partial charge in [0.2, 0.25) is 0 Å². The largest absolute Gasteiger partial charge is 0.512 e. The molecule has 152 valence electrons. The number of carboxylic acid groups (broad SMARTS) is 1. The van der Waals surface area contributed by atoms with Crippen LogP contribution in [0.5, 0.6) is 5.75 Å². The first kappa shape index (κ1) is 20.3. The van der Waals surface area contributed by atoms with Crippen molar-refractivity contribution in [3.63, 3.8) is 0 Å². The molecule has 3 rings (SSSR count). The summed E-state index contributed by atoms with van der Waals surface area (Å²) in [7, 11) is -2.16. The van der Waals surface area contributed by atoms with Crippen LogP contribution in [-0.2, 0) is 25.9 Å². The summed E-state index contributed by atoms with van der Waals surface area (Å²) in [5.74, 6) is -0.916. The average molecular weight is 419 g/mol. The molecule has 0 unspecified atom stereocenters. The maximum absolute atomic E-state index is 12.4. The second-order valence-corrected chi connectivity index (χ2v) is 8.21. The van der Waals surface area contributed by atoms with E-state index in [9.17, 15) is 18.0 Å². The van der Waals surface area contributed by atoms with Gasteiger partial charge in [-0.3, -0.25) is 0 Å². The summed E-state index contributed by atoms with van der Waals surface area (Å²) in [6.45, 7) is -0.675. The number of para-hydroxylation sites is 2. The first-order valence-electron chi connectivity index (χ1n) is 8.57. The van der Waals surface area contributed by atoms with Gasteiger partial charge < -0.3 is 14.6 Å². The van der Waals surface area contributed by atoms with Gasteiger partial charge in [-0.15, -0.1) is 4.57 Å². The fourth-order valence-electron chi connectivity index (χ4n) is 2.80. The highest BCUT2D eigenvalue weighted by molar-refractivity contribution is 7.91. The van der Waals surface area contributed by atoms with Gasteiger partial charge in [-0.1, -0.05) is 12.1 Å². The fourth-order valence-corrected chi connectivity index (χ4v) is 3.89. The van der Waals surface area contributed by atoms with E-state index in [1.54, 1.807) is 24.3 Å². The van der Waals surface area contributed by atoms with Gasteiger partial charge in [-0.2, -0.15) is 4.79 Å². The van der Waals surface area contributed by atoms with Crippen molar-refractivity contribution in [1.82, 2.24) is 4.57 Å². The van der Waals surface area contributed by atoms with Gasteiger partial charge in [0, 0.05) is 0 Å². The van der Waals surface area contributed by atoms with E-state index in [1.807, 2.05) is 0 Å². The van der Waals surface area contributed by atoms with Crippen molar-refractivity contribution < 1.29 is 37.2 Å². The molecule has 29 heavy (non-hydrogen) atoms. The smallest absolute Gasteiger partial charge is 0.497 e. The quantitative estimate of drug-likeness (QED) is 0.577. The summed E-state index contributed by atoms with van der Waals surface area (Å²) in [6.07, 6.45) is 0.522. The van der Waals surface area contributed by atoms with E-state index in [1.165, 1.54) is 42.3 Å². The Hall–Kier alpha value is -3.40. The number of aromatic nitrogens is 2. The van der Waals surface area contributed by atoms with Crippen molar-refractivity contribution in [2.24, 2.45) is 0 Å². The molecule has 0 fully saturated rings. The lowest BCUT2D eigenvalue weighted by Crippen LogP contribution is -2.37. The van der Waals surface area contributed by atoms with Gasteiger partial charge >= 0.3 is 12.1 Å². The molecule has 2 aromatic carbocycles. The Morgan fingerprint density at radius 2 is 1.79 bits per heavy atom. The number of hydrogen-bond donors (Lipinski definition) is 1. The Bertz CT molecular complexity index is 1150. The molecule has 0 saturated heterocycles. The number of sulfone groups is 1. The zero-order valence-electron chi connectivity index (χ0n) is 15.5. The number of ether oxygens (including phenoxy) is 2. The van der Waals surface area contributed by atoms with Crippen LogP contribution in [-0.4, -0.2) is 49.6 Å². The number of methoxy groups -OCH3 is 1. The van der Waals surface area contributed by atoms with Crippen molar-refractivity contribution in [3.8, 4) is 5.75 Å². The van der Waals surface area contributed by atoms with E-state index in [2.05, 4.69) is 0 Å². The molecule has 1 aromatic heterocycles. The third kappa shape index (κ3) is 4.54. The van der Waals surface area contributed by atoms with Crippen LogP contribution >= 0.6 is 0 Å². The van der Waals surface area contributed by atoms with Gasteiger partial charge in [0.25, 0.3) is 6.33 Å². The second-order valence-electron chi connectivity index (χ2n) is 6.10. The highest BCUT2D eigenvalue weighted by Gasteiger charge is 2.24. The molecule has 0 aliphatic heterocycles. The van der Waals surface area contributed by atoms with Crippen molar-refractivity contribution in [3.05, 3.63) is 54.9 Å². The molecule has 0 amide bonds. The number of carbonyl (C=O) groups is 2. The number of imidazole rings is 1. The summed E-state index contributed by atoms with van der Waals surface area (Å²) in [6, 6.07) is 12.6. The van der Waals surface area contributed by atoms with Gasteiger partial charge in [0.1, 0.15) is 12.4 Å². The van der Waals surface area contributed by atoms with Gasteiger partial charge in [0.05, 0.1) is 17.8 Å². The zero-order valence-corrected chi connectivity index (χ0v) is 16.3. The maximum atomic E-state index is 12.4. The van der Waals surface area contributed by atoms with E-state index in [0.29, 0.717) is 16.8 Å². The van der Waals surface area contributed by atoms with Gasteiger partial charge in [0.15, 0.2) is 27.4 Å². The number of benzene rings is 2.